The Labute approximate surface area is 223 Å². The highest BCUT2D eigenvalue weighted by Gasteiger charge is 2.38. The van der Waals surface area contributed by atoms with Crippen molar-refractivity contribution in [3.63, 3.8) is 0 Å². The van der Waals surface area contributed by atoms with E-state index in [1.807, 2.05) is 45.0 Å². The average Bonchev–Trinajstić information content (AvgIpc) is 3.26. The van der Waals surface area contributed by atoms with Crippen molar-refractivity contribution in [3.8, 4) is 0 Å². The van der Waals surface area contributed by atoms with Gasteiger partial charge < -0.3 is 14.6 Å². The number of amides is 1. The number of fused-ring (bicyclic) bond motifs is 3. The molecule has 0 aliphatic carbocycles. The normalized spacial score (nSPS) is 17.6. The van der Waals surface area contributed by atoms with Crippen LogP contribution in [0.5, 0.6) is 0 Å². The topological polar surface area (TPSA) is 65.6 Å². The van der Waals surface area contributed by atoms with Crippen LogP contribution in [0.2, 0.25) is 0 Å². The molecule has 1 aromatic heterocycles. The van der Waals surface area contributed by atoms with Crippen LogP contribution in [0.1, 0.15) is 73.6 Å². The second-order valence-corrected chi connectivity index (χ2v) is 11.1. The highest BCUT2D eigenvalue weighted by Crippen LogP contribution is 2.40. The first kappa shape index (κ1) is 26.2. The average molecular weight is 518 g/mol. The number of ether oxygens (including phenoxy) is 1. The van der Waals surface area contributed by atoms with Crippen molar-refractivity contribution in [2.75, 3.05) is 26.2 Å². The molecule has 7 heteroatoms. The van der Waals surface area contributed by atoms with Crippen LogP contribution >= 0.6 is 0 Å². The summed E-state index contributed by atoms with van der Waals surface area (Å²) in [6, 6.07) is 12.7. The summed E-state index contributed by atoms with van der Waals surface area (Å²) >= 11 is 0. The smallest absolute Gasteiger partial charge is 0.341 e. The molecule has 2 aliphatic rings. The van der Waals surface area contributed by atoms with Gasteiger partial charge in [0.25, 0.3) is 5.91 Å². The number of esters is 1. The van der Waals surface area contributed by atoms with Crippen molar-refractivity contribution in [2.45, 2.75) is 58.4 Å². The predicted molar refractivity (Wildman–Crippen MR) is 147 cm³/mol. The molecule has 6 nitrogen and oxygen atoms in total. The van der Waals surface area contributed by atoms with E-state index in [0.717, 1.165) is 48.0 Å². The summed E-state index contributed by atoms with van der Waals surface area (Å²) in [6.45, 7) is 9.29. The fourth-order valence-corrected chi connectivity index (χ4v) is 5.74. The van der Waals surface area contributed by atoms with E-state index in [1.165, 1.54) is 17.4 Å². The summed E-state index contributed by atoms with van der Waals surface area (Å²) in [6.07, 6.45) is 5.78. The molecule has 0 bridgehead atoms. The number of aromatic nitrogens is 1. The van der Waals surface area contributed by atoms with Crippen molar-refractivity contribution in [1.82, 2.24) is 14.8 Å². The van der Waals surface area contributed by atoms with Gasteiger partial charge in [-0.3, -0.25) is 9.69 Å². The van der Waals surface area contributed by atoms with Gasteiger partial charge in [0.2, 0.25) is 0 Å². The quantitative estimate of drug-likeness (QED) is 0.406. The first-order valence-corrected chi connectivity index (χ1v) is 13.6. The van der Waals surface area contributed by atoms with Gasteiger partial charge in [-0.2, -0.15) is 0 Å². The lowest BCUT2D eigenvalue weighted by atomic mass is 9.81. The van der Waals surface area contributed by atoms with Gasteiger partial charge in [-0.1, -0.05) is 51.5 Å². The van der Waals surface area contributed by atoms with E-state index in [2.05, 4.69) is 9.88 Å². The predicted octanol–water partition coefficient (Wildman–Crippen LogP) is 6.02. The van der Waals surface area contributed by atoms with Crippen LogP contribution in [0.4, 0.5) is 4.39 Å². The SMILES string of the molecule is CCCOC(=O)C1=CN(C(=O)c2cc(CN3CCCCC3)ccc2F)CC(C)(C)c2c1[nH]c1ccccc21. The third kappa shape index (κ3) is 5.12. The number of hydrogen-bond donors (Lipinski definition) is 1. The Kier molecular flexibility index (Phi) is 7.39. The molecule has 1 amide bonds. The van der Waals surface area contributed by atoms with E-state index in [9.17, 15) is 9.59 Å². The molecule has 3 aromatic rings. The molecule has 0 atom stereocenters. The number of benzene rings is 2. The van der Waals surface area contributed by atoms with Gasteiger partial charge in [-0.25, -0.2) is 9.18 Å². The molecule has 200 valence electrons. The molecule has 5 rings (SSSR count). The molecule has 0 saturated carbocycles. The molecule has 1 saturated heterocycles. The zero-order chi connectivity index (χ0) is 26.9. The Morgan fingerprint density at radius 3 is 2.61 bits per heavy atom. The number of para-hydroxylation sites is 1. The minimum absolute atomic E-state index is 0.0169. The van der Waals surface area contributed by atoms with Gasteiger partial charge in [0, 0.05) is 35.6 Å². The number of likely N-dealkylation sites (tertiary alicyclic amines) is 1. The lowest BCUT2D eigenvalue weighted by Crippen LogP contribution is -2.37. The number of nitrogens with zero attached hydrogens (tertiary/aromatic N) is 2. The summed E-state index contributed by atoms with van der Waals surface area (Å²) in [5.74, 6) is -1.53. The lowest BCUT2D eigenvalue weighted by Gasteiger charge is -2.30. The zero-order valence-electron chi connectivity index (χ0n) is 22.5. The highest BCUT2D eigenvalue weighted by atomic mass is 19.1. The molecule has 38 heavy (non-hydrogen) atoms. The number of nitrogens with one attached hydrogen (secondary N) is 1. The third-order valence-corrected chi connectivity index (χ3v) is 7.54. The van der Waals surface area contributed by atoms with Gasteiger partial charge in [-0.05, 0) is 61.7 Å². The van der Waals surface area contributed by atoms with E-state index in [1.54, 1.807) is 18.3 Å². The fourth-order valence-electron chi connectivity index (χ4n) is 5.74. The number of H-pyrrole nitrogens is 1. The summed E-state index contributed by atoms with van der Waals surface area (Å²) in [5.41, 5.74) is 3.17. The second-order valence-electron chi connectivity index (χ2n) is 11.1. The maximum absolute atomic E-state index is 15.1. The molecule has 2 aliphatic heterocycles. The van der Waals surface area contributed by atoms with Crippen LogP contribution in [-0.2, 0) is 21.5 Å². The van der Waals surface area contributed by atoms with E-state index in [-0.39, 0.29) is 24.3 Å². The Hall–Kier alpha value is -3.45. The van der Waals surface area contributed by atoms with Crippen molar-refractivity contribution >= 4 is 28.4 Å². The van der Waals surface area contributed by atoms with Crippen molar-refractivity contribution in [2.24, 2.45) is 0 Å². The van der Waals surface area contributed by atoms with Gasteiger partial charge in [0.05, 0.1) is 23.4 Å². The fraction of sp³-hybridized carbons (Fsp3) is 0.419. The first-order valence-electron chi connectivity index (χ1n) is 13.6. The summed E-state index contributed by atoms with van der Waals surface area (Å²) in [4.78, 5) is 34.4. The summed E-state index contributed by atoms with van der Waals surface area (Å²) in [5, 5.41) is 0.991. The minimum Gasteiger partial charge on any atom is -0.462 e. The van der Waals surface area contributed by atoms with E-state index < -0.39 is 23.1 Å². The Bertz CT molecular complexity index is 1380. The Morgan fingerprint density at radius 1 is 1.08 bits per heavy atom. The van der Waals surface area contributed by atoms with Crippen molar-refractivity contribution in [3.05, 3.63) is 76.9 Å². The van der Waals surface area contributed by atoms with E-state index >= 15 is 4.39 Å². The molecule has 0 radical (unpaired) electrons. The monoisotopic (exact) mass is 517 g/mol. The van der Waals surface area contributed by atoms with E-state index in [0.29, 0.717) is 18.7 Å². The number of carbonyl (C=O) groups excluding carboxylic acids is 2. The Morgan fingerprint density at radius 2 is 1.84 bits per heavy atom. The van der Waals surface area contributed by atoms with Crippen molar-refractivity contribution in [1.29, 1.82) is 0 Å². The molecular weight excluding hydrogens is 481 g/mol. The minimum atomic E-state index is -0.563. The summed E-state index contributed by atoms with van der Waals surface area (Å²) in [7, 11) is 0. The van der Waals surface area contributed by atoms with E-state index in [4.69, 9.17) is 4.74 Å². The number of carbonyl (C=O) groups is 2. The number of halogens is 1. The number of piperidine rings is 1. The first-order chi connectivity index (χ1) is 18.3. The molecular formula is C31H36FN3O3. The molecule has 3 heterocycles. The standard InChI is InChI=1S/C31H36FN3O3/c1-4-16-38-30(37)24-19-35(20-31(2,3)27-22-10-6-7-11-26(22)33-28(24)27)29(36)23-17-21(12-13-25(23)32)18-34-14-8-5-9-15-34/h6-7,10-13,17,19,33H,4-5,8-9,14-16,18,20H2,1-3H3. The maximum Gasteiger partial charge on any atom is 0.341 e. The van der Waals surface area contributed by atoms with Crippen LogP contribution < -0.4 is 0 Å². The third-order valence-electron chi connectivity index (χ3n) is 7.54. The number of aromatic amines is 1. The van der Waals surface area contributed by atoms with Crippen LogP contribution in [0.3, 0.4) is 0 Å². The Balaban J connectivity index is 1.55. The maximum atomic E-state index is 15.1. The molecule has 1 N–H and O–H groups in total. The van der Waals surface area contributed by atoms with Gasteiger partial charge in [-0.15, -0.1) is 0 Å². The van der Waals surface area contributed by atoms with Crippen LogP contribution in [-0.4, -0.2) is 52.9 Å². The molecule has 0 spiro atoms. The van der Waals surface area contributed by atoms with Gasteiger partial charge in [0.1, 0.15) is 5.82 Å². The van der Waals surface area contributed by atoms with Gasteiger partial charge >= 0.3 is 5.97 Å². The van der Waals surface area contributed by atoms with Crippen molar-refractivity contribution < 1.29 is 18.7 Å². The second kappa shape index (κ2) is 10.7. The van der Waals surface area contributed by atoms with Gasteiger partial charge in [0.15, 0.2) is 0 Å². The number of hydrogen-bond acceptors (Lipinski definition) is 4. The van der Waals surface area contributed by atoms with Crippen LogP contribution in [0.25, 0.3) is 16.5 Å². The lowest BCUT2D eigenvalue weighted by molar-refractivity contribution is -0.136. The molecule has 2 aromatic carbocycles. The number of rotatable bonds is 6. The molecule has 0 unspecified atom stereocenters. The highest BCUT2D eigenvalue weighted by molar-refractivity contribution is 6.18. The molecule has 1 fully saturated rings. The largest absolute Gasteiger partial charge is 0.462 e. The zero-order valence-corrected chi connectivity index (χ0v) is 22.5. The summed E-state index contributed by atoms with van der Waals surface area (Å²) < 4.78 is 20.6. The van der Waals surface area contributed by atoms with Crippen LogP contribution in [0, 0.1) is 5.82 Å². The van der Waals surface area contributed by atoms with Crippen LogP contribution in [0.15, 0.2) is 48.7 Å².